The predicted octanol–water partition coefficient (Wildman–Crippen LogP) is 4.79. The summed E-state index contributed by atoms with van der Waals surface area (Å²) in [6.07, 6.45) is 0.971. The van der Waals surface area contributed by atoms with Gasteiger partial charge in [0.2, 0.25) is 0 Å². The highest BCUT2D eigenvalue weighted by atomic mass is 35.5. The monoisotopic (exact) mass is 287 g/mol. The van der Waals surface area contributed by atoms with Crippen molar-refractivity contribution in [2.24, 2.45) is 0 Å². The van der Waals surface area contributed by atoms with E-state index in [1.165, 1.54) is 0 Å². The summed E-state index contributed by atoms with van der Waals surface area (Å²) < 4.78 is 11.2. The maximum Gasteiger partial charge on any atom is 0.146 e. The van der Waals surface area contributed by atoms with E-state index in [0.29, 0.717) is 28.7 Å². The van der Waals surface area contributed by atoms with E-state index < -0.39 is 0 Å². The minimum absolute atomic E-state index is 0.412. The van der Waals surface area contributed by atoms with E-state index in [4.69, 9.17) is 26.3 Å². The first-order valence-corrected chi connectivity index (χ1v) is 6.71. The first-order chi connectivity index (χ1) is 9.72. The molecule has 0 fully saturated rings. The molecule has 0 saturated carbocycles. The lowest BCUT2D eigenvalue weighted by Crippen LogP contribution is -1.94. The third kappa shape index (κ3) is 3.66. The molecule has 0 saturated heterocycles. The van der Waals surface area contributed by atoms with Gasteiger partial charge in [-0.25, -0.2) is 0 Å². The molecule has 4 heteroatoms. The van der Waals surface area contributed by atoms with E-state index in [-0.39, 0.29) is 0 Å². The molecule has 2 rings (SSSR count). The minimum Gasteiger partial charge on any atom is -0.494 e. The van der Waals surface area contributed by atoms with Crippen LogP contribution in [-0.4, -0.2) is 6.61 Å². The molecule has 20 heavy (non-hydrogen) atoms. The highest BCUT2D eigenvalue weighted by molar-refractivity contribution is 6.32. The zero-order valence-electron chi connectivity index (χ0n) is 11.1. The van der Waals surface area contributed by atoms with Crippen LogP contribution in [0.3, 0.4) is 0 Å². The Morgan fingerprint density at radius 1 is 1.10 bits per heavy atom. The van der Waals surface area contributed by atoms with Crippen LogP contribution in [0.25, 0.3) is 0 Å². The molecule has 3 nitrogen and oxygen atoms in total. The second-order valence-electron chi connectivity index (χ2n) is 4.18. The number of hydrogen-bond acceptors (Lipinski definition) is 3. The number of benzene rings is 2. The van der Waals surface area contributed by atoms with Crippen molar-refractivity contribution in [3.05, 3.63) is 53.1 Å². The quantitative estimate of drug-likeness (QED) is 0.794. The number of halogens is 1. The third-order valence-electron chi connectivity index (χ3n) is 2.59. The van der Waals surface area contributed by atoms with Gasteiger partial charge in [-0.2, -0.15) is 5.26 Å². The summed E-state index contributed by atoms with van der Waals surface area (Å²) in [5.41, 5.74) is 0.505. The fraction of sp³-hybridized carbons (Fsp3) is 0.188. The maximum absolute atomic E-state index is 8.78. The van der Waals surface area contributed by atoms with E-state index in [2.05, 4.69) is 6.92 Å². The molecule has 0 radical (unpaired) electrons. The van der Waals surface area contributed by atoms with Crippen LogP contribution in [0.4, 0.5) is 0 Å². The normalized spacial score (nSPS) is 9.85. The van der Waals surface area contributed by atoms with E-state index in [0.717, 1.165) is 12.2 Å². The summed E-state index contributed by atoms with van der Waals surface area (Å²) in [6, 6.07) is 14.3. The Morgan fingerprint density at radius 3 is 2.40 bits per heavy atom. The molecule has 0 aliphatic heterocycles. The molecule has 102 valence electrons. The Hall–Kier alpha value is -2.18. The zero-order valence-corrected chi connectivity index (χ0v) is 11.9. The van der Waals surface area contributed by atoms with Gasteiger partial charge < -0.3 is 9.47 Å². The van der Waals surface area contributed by atoms with Gasteiger partial charge >= 0.3 is 0 Å². The van der Waals surface area contributed by atoms with E-state index >= 15 is 0 Å². The van der Waals surface area contributed by atoms with E-state index in [1.54, 1.807) is 18.2 Å². The van der Waals surface area contributed by atoms with Crippen molar-refractivity contribution in [2.45, 2.75) is 13.3 Å². The molecule has 0 atom stereocenters. The van der Waals surface area contributed by atoms with Crippen LogP contribution >= 0.6 is 11.6 Å². The van der Waals surface area contributed by atoms with Gasteiger partial charge in [0, 0.05) is 0 Å². The molecule has 0 heterocycles. The topological polar surface area (TPSA) is 42.2 Å². The number of nitrogens with zero attached hydrogens (tertiary/aromatic N) is 1. The summed E-state index contributed by atoms with van der Waals surface area (Å²) in [4.78, 5) is 0. The SMILES string of the molecule is CCCOc1ccc(Oc2ccc(C#N)cc2Cl)cc1. The molecule has 0 unspecified atom stereocenters. The lowest BCUT2D eigenvalue weighted by Gasteiger charge is -2.09. The van der Waals surface area contributed by atoms with Crippen LogP contribution in [-0.2, 0) is 0 Å². The second-order valence-corrected chi connectivity index (χ2v) is 4.59. The van der Waals surface area contributed by atoms with E-state index in [1.807, 2.05) is 30.3 Å². The molecule has 0 aliphatic rings. The van der Waals surface area contributed by atoms with Gasteiger partial charge in [0.15, 0.2) is 0 Å². The minimum atomic E-state index is 0.412. The van der Waals surface area contributed by atoms with Crippen LogP contribution in [0.15, 0.2) is 42.5 Å². The smallest absolute Gasteiger partial charge is 0.146 e. The molecule has 0 N–H and O–H groups in total. The lowest BCUT2D eigenvalue weighted by molar-refractivity contribution is 0.317. The van der Waals surface area contributed by atoms with E-state index in [9.17, 15) is 0 Å². The van der Waals surface area contributed by atoms with Crippen LogP contribution in [0, 0.1) is 11.3 Å². The third-order valence-corrected chi connectivity index (χ3v) is 2.88. The van der Waals surface area contributed by atoms with Gasteiger partial charge in [-0.15, -0.1) is 0 Å². The van der Waals surface area contributed by atoms with Crippen molar-refractivity contribution in [2.75, 3.05) is 6.61 Å². The average Bonchev–Trinajstić information content (AvgIpc) is 2.48. The Bertz CT molecular complexity index is 617. The van der Waals surface area contributed by atoms with Crippen molar-refractivity contribution in [1.82, 2.24) is 0 Å². The average molecular weight is 288 g/mol. The molecule has 2 aromatic rings. The van der Waals surface area contributed by atoms with Crippen LogP contribution in [0.5, 0.6) is 17.2 Å². The Kier molecular flexibility index (Phi) is 4.86. The predicted molar refractivity (Wildman–Crippen MR) is 78.5 cm³/mol. The van der Waals surface area contributed by atoms with Gasteiger partial charge in [0.05, 0.1) is 23.3 Å². The fourth-order valence-electron chi connectivity index (χ4n) is 1.60. The number of nitriles is 1. The van der Waals surface area contributed by atoms with Gasteiger partial charge in [-0.05, 0) is 48.9 Å². The zero-order chi connectivity index (χ0) is 14.4. The molecule has 0 aliphatic carbocycles. The Morgan fingerprint density at radius 2 is 1.80 bits per heavy atom. The van der Waals surface area contributed by atoms with Crippen LogP contribution in [0.1, 0.15) is 18.9 Å². The van der Waals surface area contributed by atoms with Gasteiger partial charge in [0.25, 0.3) is 0 Å². The number of rotatable bonds is 5. The highest BCUT2D eigenvalue weighted by Gasteiger charge is 2.04. The molecule has 2 aromatic carbocycles. The number of ether oxygens (including phenoxy) is 2. The first kappa shape index (κ1) is 14.2. The summed E-state index contributed by atoms with van der Waals surface area (Å²) in [7, 11) is 0. The van der Waals surface area contributed by atoms with Crippen LogP contribution < -0.4 is 9.47 Å². The lowest BCUT2D eigenvalue weighted by atomic mass is 10.2. The van der Waals surface area contributed by atoms with Crippen molar-refractivity contribution in [3.8, 4) is 23.3 Å². The molecule has 0 spiro atoms. The first-order valence-electron chi connectivity index (χ1n) is 6.33. The summed E-state index contributed by atoms with van der Waals surface area (Å²) in [5.74, 6) is 2.00. The summed E-state index contributed by atoms with van der Waals surface area (Å²) in [5, 5.41) is 9.19. The molecular weight excluding hydrogens is 274 g/mol. The second kappa shape index (κ2) is 6.83. The summed E-state index contributed by atoms with van der Waals surface area (Å²) in [6.45, 7) is 2.76. The molecule has 0 amide bonds. The number of hydrogen-bond donors (Lipinski definition) is 0. The van der Waals surface area contributed by atoms with Gasteiger partial charge in [-0.1, -0.05) is 18.5 Å². The van der Waals surface area contributed by atoms with Crippen molar-refractivity contribution < 1.29 is 9.47 Å². The van der Waals surface area contributed by atoms with Crippen LogP contribution in [0.2, 0.25) is 5.02 Å². The van der Waals surface area contributed by atoms with Crippen molar-refractivity contribution in [1.29, 1.82) is 5.26 Å². The standard InChI is InChI=1S/C16H14ClNO2/c1-2-9-19-13-4-6-14(7-5-13)20-16-8-3-12(11-18)10-15(16)17/h3-8,10H,2,9H2,1H3. The van der Waals surface area contributed by atoms with Crippen molar-refractivity contribution in [3.63, 3.8) is 0 Å². The Labute approximate surface area is 123 Å². The molecule has 0 aromatic heterocycles. The largest absolute Gasteiger partial charge is 0.494 e. The fourth-order valence-corrected chi connectivity index (χ4v) is 1.82. The maximum atomic E-state index is 8.78. The molecule has 0 bridgehead atoms. The van der Waals surface area contributed by atoms with Crippen molar-refractivity contribution >= 4 is 11.6 Å². The highest BCUT2D eigenvalue weighted by Crippen LogP contribution is 2.30. The Balaban J connectivity index is 2.08. The van der Waals surface area contributed by atoms with Gasteiger partial charge in [-0.3, -0.25) is 0 Å². The van der Waals surface area contributed by atoms with Gasteiger partial charge in [0.1, 0.15) is 17.2 Å². The molecular formula is C16H14ClNO2. The summed E-state index contributed by atoms with van der Waals surface area (Å²) >= 11 is 6.06.